The molecule has 1 amide bonds. The standard InChI is InChI=1S/C24H27N3OS/c1-16-10-6-9-15-21(16)25-23(28)17(2)29-24-20-14-8-7-13-19(20)22(26-27-24)18-11-4-3-5-12-18/h3-5,7-8,11-14,16-17,21H,6,9-10,15H2,1-2H3,(H,25,28)/t16-,17+,21-/m0/s1. The monoisotopic (exact) mass is 405 g/mol. The summed E-state index contributed by atoms with van der Waals surface area (Å²) in [7, 11) is 0. The molecule has 1 N–H and O–H groups in total. The highest BCUT2D eigenvalue weighted by molar-refractivity contribution is 8.00. The number of nitrogens with zero attached hydrogens (tertiary/aromatic N) is 2. The number of amides is 1. The van der Waals surface area contributed by atoms with E-state index in [1.165, 1.54) is 31.0 Å². The maximum atomic E-state index is 12.8. The number of carbonyl (C=O) groups excluding carboxylic acids is 1. The van der Waals surface area contributed by atoms with Gasteiger partial charge >= 0.3 is 0 Å². The van der Waals surface area contributed by atoms with Gasteiger partial charge in [0.1, 0.15) is 10.7 Å². The molecule has 1 aromatic heterocycles. The average Bonchev–Trinajstić information content (AvgIpc) is 2.76. The highest BCUT2D eigenvalue weighted by atomic mass is 32.2. The van der Waals surface area contributed by atoms with Gasteiger partial charge in [-0.3, -0.25) is 4.79 Å². The van der Waals surface area contributed by atoms with Gasteiger partial charge in [0.2, 0.25) is 5.91 Å². The van der Waals surface area contributed by atoms with Crippen LogP contribution in [0.15, 0.2) is 59.6 Å². The van der Waals surface area contributed by atoms with Crippen LogP contribution in [0.1, 0.15) is 39.5 Å². The van der Waals surface area contributed by atoms with Gasteiger partial charge in [-0.15, -0.1) is 10.2 Å². The number of nitrogens with one attached hydrogen (secondary N) is 1. The Morgan fingerprint density at radius 3 is 2.45 bits per heavy atom. The lowest BCUT2D eigenvalue weighted by Gasteiger charge is -2.30. The second kappa shape index (κ2) is 8.95. The van der Waals surface area contributed by atoms with E-state index in [0.29, 0.717) is 12.0 Å². The van der Waals surface area contributed by atoms with Crippen molar-refractivity contribution in [1.82, 2.24) is 15.5 Å². The van der Waals surface area contributed by atoms with Crippen molar-refractivity contribution >= 4 is 28.4 Å². The zero-order valence-corrected chi connectivity index (χ0v) is 17.8. The summed E-state index contributed by atoms with van der Waals surface area (Å²) >= 11 is 1.49. The topological polar surface area (TPSA) is 54.9 Å². The molecule has 2 aromatic carbocycles. The van der Waals surface area contributed by atoms with E-state index in [1.54, 1.807) is 0 Å². The Balaban J connectivity index is 1.56. The number of fused-ring (bicyclic) bond motifs is 1. The first kappa shape index (κ1) is 19.9. The smallest absolute Gasteiger partial charge is 0.233 e. The fourth-order valence-corrected chi connectivity index (χ4v) is 4.93. The van der Waals surface area contributed by atoms with Crippen molar-refractivity contribution in [2.45, 2.75) is 55.8 Å². The summed E-state index contributed by atoms with van der Waals surface area (Å²) in [5, 5.41) is 15.0. The highest BCUT2D eigenvalue weighted by Gasteiger charge is 2.26. The molecular weight excluding hydrogens is 378 g/mol. The van der Waals surface area contributed by atoms with Gasteiger partial charge < -0.3 is 5.32 Å². The number of hydrogen-bond acceptors (Lipinski definition) is 4. The molecule has 3 atom stereocenters. The molecular formula is C24H27N3OS. The van der Waals surface area contributed by atoms with Crippen LogP contribution in [0, 0.1) is 5.92 Å². The van der Waals surface area contributed by atoms with E-state index >= 15 is 0 Å². The minimum atomic E-state index is -0.218. The predicted molar refractivity (Wildman–Crippen MR) is 120 cm³/mol. The van der Waals surface area contributed by atoms with Gasteiger partial charge in [0.05, 0.1) is 5.25 Å². The van der Waals surface area contributed by atoms with E-state index in [4.69, 9.17) is 0 Å². The molecule has 1 aliphatic rings. The van der Waals surface area contributed by atoms with Crippen LogP contribution in [-0.2, 0) is 4.79 Å². The number of hydrogen-bond donors (Lipinski definition) is 1. The first-order valence-electron chi connectivity index (χ1n) is 10.4. The third kappa shape index (κ3) is 4.45. The second-order valence-electron chi connectivity index (χ2n) is 7.90. The summed E-state index contributed by atoms with van der Waals surface area (Å²) in [5.41, 5.74) is 1.92. The summed E-state index contributed by atoms with van der Waals surface area (Å²) in [6.07, 6.45) is 4.75. The Morgan fingerprint density at radius 2 is 1.69 bits per heavy atom. The molecule has 4 rings (SSSR count). The van der Waals surface area contributed by atoms with E-state index in [-0.39, 0.29) is 11.2 Å². The third-order valence-electron chi connectivity index (χ3n) is 5.80. The van der Waals surface area contributed by atoms with Crippen molar-refractivity contribution in [3.05, 3.63) is 54.6 Å². The summed E-state index contributed by atoms with van der Waals surface area (Å²) in [6.45, 7) is 4.19. The largest absolute Gasteiger partial charge is 0.352 e. The maximum absolute atomic E-state index is 12.8. The van der Waals surface area contributed by atoms with Crippen LogP contribution in [0.5, 0.6) is 0 Å². The maximum Gasteiger partial charge on any atom is 0.233 e. The quantitative estimate of drug-likeness (QED) is 0.572. The molecule has 1 fully saturated rings. The van der Waals surface area contributed by atoms with Crippen LogP contribution in [-0.4, -0.2) is 27.4 Å². The van der Waals surface area contributed by atoms with Crippen molar-refractivity contribution < 1.29 is 4.79 Å². The number of carbonyl (C=O) groups is 1. The average molecular weight is 406 g/mol. The Kier molecular flexibility index (Phi) is 6.14. The van der Waals surface area contributed by atoms with Crippen LogP contribution in [0.4, 0.5) is 0 Å². The SMILES string of the molecule is C[C@@H](Sc1nnc(-c2ccccc2)c2ccccc12)C(=O)N[C@H]1CCCC[C@@H]1C. The zero-order chi connectivity index (χ0) is 20.2. The molecule has 1 aliphatic carbocycles. The van der Waals surface area contributed by atoms with Gasteiger partial charge in [-0.05, 0) is 25.7 Å². The molecule has 0 saturated heterocycles. The van der Waals surface area contributed by atoms with Crippen LogP contribution in [0.25, 0.3) is 22.0 Å². The molecule has 0 bridgehead atoms. The van der Waals surface area contributed by atoms with Crippen molar-refractivity contribution in [1.29, 1.82) is 0 Å². The van der Waals surface area contributed by atoms with E-state index in [1.807, 2.05) is 49.4 Å². The number of benzene rings is 2. The van der Waals surface area contributed by atoms with Crippen molar-refractivity contribution in [3.63, 3.8) is 0 Å². The Labute approximate surface area is 176 Å². The lowest BCUT2D eigenvalue weighted by Crippen LogP contribution is -2.44. The molecule has 1 heterocycles. The van der Waals surface area contributed by atoms with Crippen LogP contribution in [0.2, 0.25) is 0 Å². The Bertz CT molecular complexity index is 992. The molecule has 3 aromatic rings. The normalized spacial score (nSPS) is 20.3. The Morgan fingerprint density at radius 1 is 1.00 bits per heavy atom. The van der Waals surface area contributed by atoms with E-state index in [9.17, 15) is 4.79 Å². The van der Waals surface area contributed by atoms with Gasteiger partial charge in [0, 0.05) is 22.4 Å². The number of aromatic nitrogens is 2. The molecule has 5 heteroatoms. The van der Waals surface area contributed by atoms with Gasteiger partial charge in [-0.2, -0.15) is 0 Å². The third-order valence-corrected chi connectivity index (χ3v) is 6.89. The molecule has 150 valence electrons. The van der Waals surface area contributed by atoms with Gasteiger partial charge in [-0.1, -0.05) is 86.1 Å². The molecule has 0 unspecified atom stereocenters. The van der Waals surface area contributed by atoms with Crippen molar-refractivity contribution in [2.75, 3.05) is 0 Å². The van der Waals surface area contributed by atoms with Crippen LogP contribution >= 0.6 is 11.8 Å². The van der Waals surface area contributed by atoms with Gasteiger partial charge in [0.25, 0.3) is 0 Å². The van der Waals surface area contributed by atoms with E-state index in [0.717, 1.165) is 33.5 Å². The summed E-state index contributed by atoms with van der Waals surface area (Å²) in [4.78, 5) is 12.8. The Hall–Kier alpha value is -2.40. The van der Waals surface area contributed by atoms with Crippen molar-refractivity contribution in [2.24, 2.45) is 5.92 Å². The molecule has 1 saturated carbocycles. The lowest BCUT2D eigenvalue weighted by molar-refractivity contribution is -0.121. The molecule has 29 heavy (non-hydrogen) atoms. The number of rotatable bonds is 5. The fourth-order valence-electron chi connectivity index (χ4n) is 4.03. The highest BCUT2D eigenvalue weighted by Crippen LogP contribution is 2.33. The summed E-state index contributed by atoms with van der Waals surface area (Å²) < 4.78 is 0. The fraction of sp³-hybridized carbons (Fsp3) is 0.375. The predicted octanol–water partition coefficient (Wildman–Crippen LogP) is 5.47. The first-order valence-corrected chi connectivity index (χ1v) is 11.3. The van der Waals surface area contributed by atoms with E-state index in [2.05, 4.69) is 34.6 Å². The minimum Gasteiger partial charge on any atom is -0.352 e. The minimum absolute atomic E-state index is 0.0896. The number of thioether (sulfide) groups is 1. The molecule has 0 spiro atoms. The lowest BCUT2D eigenvalue weighted by atomic mass is 9.86. The van der Waals surface area contributed by atoms with Crippen molar-refractivity contribution in [3.8, 4) is 11.3 Å². The summed E-state index contributed by atoms with van der Waals surface area (Å²) in [5.74, 6) is 0.641. The first-order chi connectivity index (χ1) is 14.1. The molecule has 0 aliphatic heterocycles. The summed E-state index contributed by atoms with van der Waals surface area (Å²) in [6, 6.07) is 18.6. The van der Waals surface area contributed by atoms with E-state index < -0.39 is 0 Å². The van der Waals surface area contributed by atoms with Gasteiger partial charge in [-0.25, -0.2) is 0 Å². The zero-order valence-electron chi connectivity index (χ0n) is 17.0. The molecule has 4 nitrogen and oxygen atoms in total. The van der Waals surface area contributed by atoms with Crippen LogP contribution in [0.3, 0.4) is 0 Å². The van der Waals surface area contributed by atoms with Gasteiger partial charge in [0.15, 0.2) is 0 Å². The van der Waals surface area contributed by atoms with Crippen LogP contribution < -0.4 is 5.32 Å². The second-order valence-corrected chi connectivity index (χ2v) is 9.23. The molecule has 0 radical (unpaired) electrons.